The minimum Gasteiger partial charge on any atom is -0.478 e. The first-order valence-electron chi connectivity index (χ1n) is 7.16. The van der Waals surface area contributed by atoms with Gasteiger partial charge in [0.2, 0.25) is 5.91 Å². The SMILES string of the molecule is COCCN(CCOC)C(=O)CCc1ccc(C(=O)O)cc1. The van der Waals surface area contributed by atoms with E-state index in [0.717, 1.165) is 5.56 Å². The van der Waals surface area contributed by atoms with Gasteiger partial charge >= 0.3 is 5.97 Å². The average molecular weight is 309 g/mol. The van der Waals surface area contributed by atoms with E-state index in [0.29, 0.717) is 39.1 Å². The van der Waals surface area contributed by atoms with Gasteiger partial charge in [0.05, 0.1) is 18.8 Å². The Morgan fingerprint density at radius 1 is 1.05 bits per heavy atom. The summed E-state index contributed by atoms with van der Waals surface area (Å²) >= 11 is 0. The minimum atomic E-state index is -0.951. The first-order valence-corrected chi connectivity index (χ1v) is 7.16. The fourth-order valence-corrected chi connectivity index (χ4v) is 1.99. The molecule has 0 unspecified atom stereocenters. The lowest BCUT2D eigenvalue weighted by Gasteiger charge is -2.22. The highest BCUT2D eigenvalue weighted by molar-refractivity contribution is 5.87. The fourth-order valence-electron chi connectivity index (χ4n) is 1.99. The highest BCUT2D eigenvalue weighted by Crippen LogP contribution is 2.08. The van der Waals surface area contributed by atoms with Crippen molar-refractivity contribution < 1.29 is 24.2 Å². The number of ether oxygens (including phenoxy) is 2. The van der Waals surface area contributed by atoms with E-state index in [1.165, 1.54) is 0 Å². The molecule has 0 spiro atoms. The summed E-state index contributed by atoms with van der Waals surface area (Å²) in [6.07, 6.45) is 0.953. The molecule has 22 heavy (non-hydrogen) atoms. The van der Waals surface area contributed by atoms with E-state index >= 15 is 0 Å². The number of carboxylic acid groups (broad SMARTS) is 1. The van der Waals surface area contributed by atoms with Gasteiger partial charge in [-0.1, -0.05) is 12.1 Å². The van der Waals surface area contributed by atoms with Crippen LogP contribution in [-0.2, 0) is 20.7 Å². The molecular formula is C16H23NO5. The maximum atomic E-state index is 12.2. The Morgan fingerprint density at radius 2 is 1.59 bits per heavy atom. The average Bonchev–Trinajstić information content (AvgIpc) is 2.53. The number of benzene rings is 1. The molecule has 0 radical (unpaired) electrons. The van der Waals surface area contributed by atoms with E-state index in [4.69, 9.17) is 14.6 Å². The normalized spacial score (nSPS) is 10.5. The van der Waals surface area contributed by atoms with Gasteiger partial charge in [-0.3, -0.25) is 4.79 Å². The number of methoxy groups -OCH3 is 2. The molecule has 1 aromatic rings. The summed E-state index contributed by atoms with van der Waals surface area (Å²) < 4.78 is 10.0. The quantitative estimate of drug-likeness (QED) is 0.708. The molecule has 6 nitrogen and oxygen atoms in total. The van der Waals surface area contributed by atoms with Crippen LogP contribution >= 0.6 is 0 Å². The van der Waals surface area contributed by atoms with Crippen molar-refractivity contribution in [2.75, 3.05) is 40.5 Å². The summed E-state index contributed by atoms with van der Waals surface area (Å²) in [5, 5.41) is 8.85. The Kier molecular flexibility index (Phi) is 8.17. The van der Waals surface area contributed by atoms with E-state index in [2.05, 4.69) is 0 Å². The molecule has 0 aliphatic heterocycles. The van der Waals surface area contributed by atoms with Crippen molar-refractivity contribution in [1.29, 1.82) is 0 Å². The van der Waals surface area contributed by atoms with Crippen LogP contribution in [0.2, 0.25) is 0 Å². The number of carbonyl (C=O) groups excluding carboxylic acids is 1. The van der Waals surface area contributed by atoms with Crippen molar-refractivity contribution >= 4 is 11.9 Å². The Hall–Kier alpha value is -1.92. The Balaban J connectivity index is 2.51. The molecule has 0 aromatic heterocycles. The zero-order valence-electron chi connectivity index (χ0n) is 13.1. The number of hydrogen-bond donors (Lipinski definition) is 1. The van der Waals surface area contributed by atoms with Gasteiger partial charge in [-0.2, -0.15) is 0 Å². The summed E-state index contributed by atoms with van der Waals surface area (Å²) in [7, 11) is 3.20. The van der Waals surface area contributed by atoms with Gasteiger partial charge in [0, 0.05) is 33.7 Å². The lowest BCUT2D eigenvalue weighted by molar-refractivity contribution is -0.132. The van der Waals surface area contributed by atoms with Gasteiger partial charge in [0.1, 0.15) is 0 Å². The maximum Gasteiger partial charge on any atom is 0.335 e. The van der Waals surface area contributed by atoms with Crippen molar-refractivity contribution in [2.24, 2.45) is 0 Å². The van der Waals surface area contributed by atoms with Crippen molar-refractivity contribution in [3.63, 3.8) is 0 Å². The summed E-state index contributed by atoms with van der Waals surface area (Å²) in [4.78, 5) is 24.7. The van der Waals surface area contributed by atoms with Crippen LogP contribution in [0.1, 0.15) is 22.3 Å². The van der Waals surface area contributed by atoms with Gasteiger partial charge in [0.25, 0.3) is 0 Å². The van der Waals surface area contributed by atoms with Gasteiger partial charge < -0.3 is 19.5 Å². The molecule has 122 valence electrons. The van der Waals surface area contributed by atoms with Gasteiger partial charge in [0.15, 0.2) is 0 Å². The van der Waals surface area contributed by atoms with Crippen LogP contribution in [-0.4, -0.2) is 62.4 Å². The van der Waals surface area contributed by atoms with Crippen LogP contribution < -0.4 is 0 Å². The first-order chi connectivity index (χ1) is 10.6. The topological polar surface area (TPSA) is 76.1 Å². The number of aromatic carboxylic acids is 1. The molecule has 0 aliphatic carbocycles. The molecule has 1 amide bonds. The third-order valence-electron chi connectivity index (χ3n) is 3.31. The molecule has 6 heteroatoms. The van der Waals surface area contributed by atoms with Crippen molar-refractivity contribution in [3.05, 3.63) is 35.4 Å². The number of aryl methyl sites for hydroxylation is 1. The van der Waals surface area contributed by atoms with Crippen LogP contribution in [0.4, 0.5) is 0 Å². The molecule has 0 heterocycles. The van der Waals surface area contributed by atoms with Crippen LogP contribution in [0.3, 0.4) is 0 Å². The van der Waals surface area contributed by atoms with Crippen molar-refractivity contribution in [3.8, 4) is 0 Å². The number of nitrogens with zero attached hydrogens (tertiary/aromatic N) is 1. The zero-order chi connectivity index (χ0) is 16.4. The van der Waals surface area contributed by atoms with Crippen LogP contribution in [0, 0.1) is 0 Å². The fraction of sp³-hybridized carbons (Fsp3) is 0.500. The Morgan fingerprint density at radius 3 is 2.05 bits per heavy atom. The smallest absolute Gasteiger partial charge is 0.335 e. The van der Waals surface area contributed by atoms with E-state index in [9.17, 15) is 9.59 Å². The lowest BCUT2D eigenvalue weighted by atomic mass is 10.1. The minimum absolute atomic E-state index is 0.0383. The predicted octanol–water partition coefficient (Wildman–Crippen LogP) is 1.44. The highest BCUT2D eigenvalue weighted by Gasteiger charge is 2.13. The number of hydrogen-bond acceptors (Lipinski definition) is 4. The summed E-state index contributed by atoms with van der Waals surface area (Å²) in [6, 6.07) is 6.59. The van der Waals surface area contributed by atoms with E-state index in [-0.39, 0.29) is 11.5 Å². The molecule has 0 fully saturated rings. The predicted molar refractivity (Wildman–Crippen MR) is 82.1 cm³/mol. The maximum absolute atomic E-state index is 12.2. The van der Waals surface area contributed by atoms with Crippen LogP contribution in [0.25, 0.3) is 0 Å². The largest absolute Gasteiger partial charge is 0.478 e. The third kappa shape index (κ3) is 6.24. The van der Waals surface area contributed by atoms with Crippen LogP contribution in [0.5, 0.6) is 0 Å². The number of rotatable bonds is 10. The van der Waals surface area contributed by atoms with E-state index in [1.807, 2.05) is 0 Å². The summed E-state index contributed by atoms with van der Waals surface area (Å²) in [5.74, 6) is -0.913. The molecule has 1 N–H and O–H groups in total. The second-order valence-electron chi connectivity index (χ2n) is 4.87. The molecule has 0 bridgehead atoms. The molecule has 0 saturated heterocycles. The van der Waals surface area contributed by atoms with Gasteiger partial charge in [-0.05, 0) is 24.1 Å². The number of carboxylic acids is 1. The van der Waals surface area contributed by atoms with E-state index < -0.39 is 5.97 Å². The van der Waals surface area contributed by atoms with Crippen molar-refractivity contribution in [1.82, 2.24) is 4.90 Å². The Bertz CT molecular complexity index is 464. The molecule has 0 atom stereocenters. The lowest BCUT2D eigenvalue weighted by Crippen LogP contribution is -2.36. The highest BCUT2D eigenvalue weighted by atomic mass is 16.5. The summed E-state index contributed by atoms with van der Waals surface area (Å²) in [5.41, 5.74) is 1.19. The monoisotopic (exact) mass is 309 g/mol. The second kappa shape index (κ2) is 9.92. The first kappa shape index (κ1) is 18.1. The van der Waals surface area contributed by atoms with Crippen LogP contribution in [0.15, 0.2) is 24.3 Å². The van der Waals surface area contributed by atoms with Gasteiger partial charge in [-0.25, -0.2) is 4.79 Å². The number of carbonyl (C=O) groups is 2. The molecule has 1 aromatic carbocycles. The van der Waals surface area contributed by atoms with Gasteiger partial charge in [-0.15, -0.1) is 0 Å². The Labute approximate surface area is 130 Å². The molecular weight excluding hydrogens is 286 g/mol. The molecule has 0 aliphatic rings. The summed E-state index contributed by atoms with van der Waals surface area (Å²) in [6.45, 7) is 2.05. The standard InChI is InChI=1S/C16H23NO5/c1-21-11-9-17(10-12-22-2)15(18)8-5-13-3-6-14(7-4-13)16(19)20/h3-4,6-7H,5,8-12H2,1-2H3,(H,19,20). The zero-order valence-corrected chi connectivity index (χ0v) is 13.1. The van der Waals surface area contributed by atoms with Crippen molar-refractivity contribution in [2.45, 2.75) is 12.8 Å². The van der Waals surface area contributed by atoms with E-state index in [1.54, 1.807) is 43.4 Å². The third-order valence-corrected chi connectivity index (χ3v) is 3.31. The molecule has 0 saturated carbocycles. The second-order valence-corrected chi connectivity index (χ2v) is 4.87. The molecule has 1 rings (SSSR count). The number of amides is 1.